The van der Waals surface area contributed by atoms with Gasteiger partial charge in [0.1, 0.15) is 0 Å². The van der Waals surface area contributed by atoms with E-state index >= 15 is 0 Å². The summed E-state index contributed by atoms with van der Waals surface area (Å²) >= 11 is 13.3. The number of aromatic nitrogens is 2. The first-order chi connectivity index (χ1) is 9.55. The highest BCUT2D eigenvalue weighted by Gasteiger charge is 2.11. The Morgan fingerprint density at radius 1 is 1.30 bits per heavy atom. The minimum absolute atomic E-state index is 0.0905. The van der Waals surface area contributed by atoms with Crippen molar-refractivity contribution in [3.63, 3.8) is 0 Å². The van der Waals surface area contributed by atoms with E-state index in [1.165, 1.54) is 11.8 Å². The Hall–Kier alpha value is -0.970. The standard InChI is InChI=1S/C14H14Cl2N2OS/c1-3-12-9(13(19)18-14(17-12)20-2)6-8-4-5-10(15)11(16)7-8/h4-5,7H,3,6H2,1-2H3,(H,17,18,19). The zero-order valence-corrected chi connectivity index (χ0v) is 13.5. The van der Waals surface area contributed by atoms with Gasteiger partial charge in [0, 0.05) is 12.0 Å². The number of aromatic amines is 1. The lowest BCUT2D eigenvalue weighted by atomic mass is 10.0. The summed E-state index contributed by atoms with van der Waals surface area (Å²) in [4.78, 5) is 19.4. The molecule has 0 bridgehead atoms. The zero-order valence-electron chi connectivity index (χ0n) is 11.2. The Labute approximate surface area is 131 Å². The average molecular weight is 329 g/mol. The second kappa shape index (κ2) is 6.66. The van der Waals surface area contributed by atoms with Gasteiger partial charge in [-0.05, 0) is 30.4 Å². The van der Waals surface area contributed by atoms with E-state index in [2.05, 4.69) is 9.97 Å². The van der Waals surface area contributed by atoms with Crippen LogP contribution in [0.3, 0.4) is 0 Å². The molecule has 106 valence electrons. The molecule has 0 atom stereocenters. The normalized spacial score (nSPS) is 10.8. The fraction of sp³-hybridized carbons (Fsp3) is 0.286. The van der Waals surface area contributed by atoms with Gasteiger partial charge in [-0.15, -0.1) is 0 Å². The third-order valence-corrected chi connectivity index (χ3v) is 4.29. The van der Waals surface area contributed by atoms with Crippen LogP contribution in [0.2, 0.25) is 10.0 Å². The number of halogens is 2. The molecular formula is C14H14Cl2N2OS. The van der Waals surface area contributed by atoms with Gasteiger partial charge in [0.25, 0.3) is 5.56 Å². The van der Waals surface area contributed by atoms with Crippen LogP contribution in [-0.4, -0.2) is 16.2 Å². The van der Waals surface area contributed by atoms with E-state index in [1.807, 2.05) is 19.2 Å². The molecule has 2 rings (SSSR count). The molecule has 6 heteroatoms. The molecule has 0 spiro atoms. The average Bonchev–Trinajstić information content (AvgIpc) is 2.44. The fourth-order valence-electron chi connectivity index (χ4n) is 1.95. The molecule has 0 aliphatic rings. The molecule has 2 aromatic rings. The van der Waals surface area contributed by atoms with E-state index in [-0.39, 0.29) is 5.56 Å². The quantitative estimate of drug-likeness (QED) is 0.682. The van der Waals surface area contributed by atoms with Crippen molar-refractivity contribution >= 4 is 35.0 Å². The van der Waals surface area contributed by atoms with Crippen molar-refractivity contribution in [3.05, 3.63) is 55.4 Å². The lowest BCUT2D eigenvalue weighted by Gasteiger charge is -2.08. The van der Waals surface area contributed by atoms with Crippen molar-refractivity contribution in [1.82, 2.24) is 9.97 Å². The molecule has 0 unspecified atom stereocenters. The molecule has 0 fully saturated rings. The minimum Gasteiger partial charge on any atom is -0.301 e. The zero-order chi connectivity index (χ0) is 14.7. The third kappa shape index (κ3) is 3.37. The predicted molar refractivity (Wildman–Crippen MR) is 85.3 cm³/mol. The number of nitrogens with zero attached hydrogens (tertiary/aromatic N) is 1. The predicted octanol–water partition coefficient (Wildman–Crippen LogP) is 3.95. The van der Waals surface area contributed by atoms with Crippen molar-refractivity contribution < 1.29 is 0 Å². The van der Waals surface area contributed by atoms with Gasteiger partial charge in [-0.2, -0.15) is 0 Å². The van der Waals surface area contributed by atoms with Crippen LogP contribution in [0.15, 0.2) is 28.2 Å². The number of hydrogen-bond acceptors (Lipinski definition) is 3. The maximum Gasteiger partial charge on any atom is 0.255 e. The van der Waals surface area contributed by atoms with Gasteiger partial charge in [-0.25, -0.2) is 4.98 Å². The van der Waals surface area contributed by atoms with E-state index in [0.29, 0.717) is 33.6 Å². The number of nitrogens with one attached hydrogen (secondary N) is 1. The SMILES string of the molecule is CCc1nc(SC)[nH]c(=O)c1Cc1ccc(Cl)c(Cl)c1. The Morgan fingerprint density at radius 3 is 2.65 bits per heavy atom. The fourth-order valence-corrected chi connectivity index (χ4v) is 2.66. The summed E-state index contributed by atoms with van der Waals surface area (Å²) in [6, 6.07) is 5.39. The van der Waals surface area contributed by atoms with E-state index < -0.39 is 0 Å². The maximum atomic E-state index is 12.2. The van der Waals surface area contributed by atoms with E-state index in [0.717, 1.165) is 11.3 Å². The van der Waals surface area contributed by atoms with Gasteiger partial charge in [-0.3, -0.25) is 4.79 Å². The van der Waals surface area contributed by atoms with Crippen LogP contribution in [-0.2, 0) is 12.8 Å². The molecule has 0 aliphatic heterocycles. The van der Waals surface area contributed by atoms with Crippen LogP contribution in [0, 0.1) is 0 Å². The van der Waals surface area contributed by atoms with Crippen molar-refractivity contribution in [1.29, 1.82) is 0 Å². The molecule has 1 N–H and O–H groups in total. The summed E-state index contributed by atoms with van der Waals surface area (Å²) in [5, 5.41) is 1.65. The molecule has 0 saturated carbocycles. The van der Waals surface area contributed by atoms with Crippen molar-refractivity contribution in [3.8, 4) is 0 Å². The largest absolute Gasteiger partial charge is 0.301 e. The van der Waals surface area contributed by atoms with Crippen LogP contribution < -0.4 is 5.56 Å². The highest BCUT2D eigenvalue weighted by Crippen LogP contribution is 2.24. The molecule has 3 nitrogen and oxygen atoms in total. The lowest BCUT2D eigenvalue weighted by molar-refractivity contribution is 0.833. The van der Waals surface area contributed by atoms with Gasteiger partial charge in [0.05, 0.1) is 15.7 Å². The monoisotopic (exact) mass is 328 g/mol. The summed E-state index contributed by atoms with van der Waals surface area (Å²) in [6.45, 7) is 1.99. The summed E-state index contributed by atoms with van der Waals surface area (Å²) in [6.07, 6.45) is 3.10. The molecule has 0 saturated heterocycles. The Morgan fingerprint density at radius 2 is 2.05 bits per heavy atom. The Bertz CT molecular complexity index is 685. The van der Waals surface area contributed by atoms with Crippen LogP contribution in [0.25, 0.3) is 0 Å². The molecule has 0 radical (unpaired) electrons. The van der Waals surface area contributed by atoms with Crippen LogP contribution in [0.1, 0.15) is 23.7 Å². The lowest BCUT2D eigenvalue weighted by Crippen LogP contribution is -2.18. The first kappa shape index (κ1) is 15.4. The molecule has 1 aromatic carbocycles. The van der Waals surface area contributed by atoms with E-state index in [9.17, 15) is 4.79 Å². The minimum atomic E-state index is -0.0905. The maximum absolute atomic E-state index is 12.2. The molecule has 1 heterocycles. The summed E-state index contributed by atoms with van der Waals surface area (Å²) in [5.74, 6) is 0. The van der Waals surface area contributed by atoms with Crippen LogP contribution in [0.4, 0.5) is 0 Å². The number of rotatable bonds is 4. The molecule has 0 aliphatic carbocycles. The molecule has 1 aromatic heterocycles. The van der Waals surface area contributed by atoms with Gasteiger partial charge < -0.3 is 4.98 Å². The number of benzene rings is 1. The molecule has 0 amide bonds. The van der Waals surface area contributed by atoms with Gasteiger partial charge in [0.2, 0.25) is 0 Å². The highest BCUT2D eigenvalue weighted by molar-refractivity contribution is 7.98. The van der Waals surface area contributed by atoms with Gasteiger partial charge in [0.15, 0.2) is 5.16 Å². The van der Waals surface area contributed by atoms with Crippen molar-refractivity contribution in [2.45, 2.75) is 24.9 Å². The van der Waals surface area contributed by atoms with Crippen LogP contribution >= 0.6 is 35.0 Å². The second-order valence-electron chi connectivity index (χ2n) is 4.28. The number of hydrogen-bond donors (Lipinski definition) is 1. The molecular weight excluding hydrogens is 315 g/mol. The Balaban J connectivity index is 2.42. The van der Waals surface area contributed by atoms with Crippen molar-refractivity contribution in [2.24, 2.45) is 0 Å². The van der Waals surface area contributed by atoms with Crippen molar-refractivity contribution in [2.75, 3.05) is 6.26 Å². The third-order valence-electron chi connectivity index (χ3n) is 2.97. The van der Waals surface area contributed by atoms with Gasteiger partial charge >= 0.3 is 0 Å². The van der Waals surface area contributed by atoms with Crippen LogP contribution in [0.5, 0.6) is 0 Å². The second-order valence-corrected chi connectivity index (χ2v) is 5.89. The summed E-state index contributed by atoms with van der Waals surface area (Å²) in [7, 11) is 0. The summed E-state index contributed by atoms with van der Waals surface area (Å²) in [5.41, 5.74) is 2.36. The first-order valence-corrected chi connectivity index (χ1v) is 8.13. The highest BCUT2D eigenvalue weighted by atomic mass is 35.5. The van der Waals surface area contributed by atoms with E-state index in [1.54, 1.807) is 12.1 Å². The van der Waals surface area contributed by atoms with Gasteiger partial charge in [-0.1, -0.05) is 48.0 Å². The Kier molecular flexibility index (Phi) is 5.13. The topological polar surface area (TPSA) is 45.8 Å². The smallest absolute Gasteiger partial charge is 0.255 e. The molecule has 20 heavy (non-hydrogen) atoms. The number of thioether (sulfide) groups is 1. The summed E-state index contributed by atoms with van der Waals surface area (Å²) < 4.78 is 0. The number of aryl methyl sites for hydroxylation is 1. The first-order valence-electron chi connectivity index (χ1n) is 6.15. The van der Waals surface area contributed by atoms with E-state index in [4.69, 9.17) is 23.2 Å². The number of H-pyrrole nitrogens is 1.